The third-order valence-electron chi connectivity index (χ3n) is 4.25. The molecule has 0 unspecified atom stereocenters. The molecule has 9 heteroatoms. The van der Waals surface area contributed by atoms with Crippen LogP contribution >= 0.6 is 35.1 Å². The van der Waals surface area contributed by atoms with Crippen LogP contribution in [0, 0.1) is 0 Å². The first-order valence-electron chi connectivity index (χ1n) is 9.02. The lowest BCUT2D eigenvalue weighted by Gasteiger charge is -2.07. The van der Waals surface area contributed by atoms with Crippen LogP contribution in [0.1, 0.15) is 16.1 Å². The van der Waals surface area contributed by atoms with Crippen molar-refractivity contribution in [2.75, 3.05) is 7.05 Å². The van der Waals surface area contributed by atoms with Gasteiger partial charge in [0.1, 0.15) is 5.76 Å². The maximum atomic E-state index is 12.6. The molecule has 1 amide bonds. The van der Waals surface area contributed by atoms with Crippen molar-refractivity contribution in [1.29, 1.82) is 0 Å². The Labute approximate surface area is 191 Å². The Morgan fingerprint density at radius 1 is 1.13 bits per heavy atom. The molecule has 1 saturated heterocycles. The van der Waals surface area contributed by atoms with Crippen LogP contribution in [0.15, 0.2) is 85.0 Å². The number of amidine groups is 1. The number of aliphatic imine (C=N–C) groups is 1. The van der Waals surface area contributed by atoms with Crippen LogP contribution in [0.25, 0.3) is 6.08 Å². The number of benzene rings is 2. The molecule has 0 atom stereocenters. The molecule has 0 aliphatic carbocycles. The number of halogens is 1. The molecule has 0 radical (unpaired) electrons. The second-order valence-electron chi connectivity index (χ2n) is 6.43. The molecule has 6 nitrogen and oxygen atoms in total. The Bertz CT molecular complexity index is 1200. The van der Waals surface area contributed by atoms with E-state index in [1.807, 2.05) is 30.3 Å². The maximum absolute atomic E-state index is 12.6. The number of hydrogen-bond acceptors (Lipinski definition) is 6. The SMILES string of the molecule is CN1C(=O)/C(=C/c2ccc(Sc3ccc(Cl)cc3)o2)SC1=Nc1ccc(C(=O)O)cc1. The number of likely N-dealkylation sites (N-methyl/N-ethyl adjacent to an activating group) is 1. The molecule has 0 spiro atoms. The Hall–Kier alpha value is -2.94. The van der Waals surface area contributed by atoms with Crippen LogP contribution < -0.4 is 0 Å². The van der Waals surface area contributed by atoms with E-state index in [2.05, 4.69) is 4.99 Å². The summed E-state index contributed by atoms with van der Waals surface area (Å²) < 4.78 is 5.83. The van der Waals surface area contributed by atoms with Gasteiger partial charge in [0.2, 0.25) is 0 Å². The molecule has 2 heterocycles. The molecule has 1 aromatic heterocycles. The average molecular weight is 471 g/mol. The van der Waals surface area contributed by atoms with Gasteiger partial charge in [-0.25, -0.2) is 9.79 Å². The van der Waals surface area contributed by atoms with Gasteiger partial charge in [0, 0.05) is 23.0 Å². The molecule has 1 N–H and O–H groups in total. The van der Waals surface area contributed by atoms with Gasteiger partial charge in [-0.3, -0.25) is 9.69 Å². The molecule has 2 aromatic carbocycles. The Balaban J connectivity index is 1.50. The maximum Gasteiger partial charge on any atom is 0.335 e. The molecule has 1 aliphatic rings. The van der Waals surface area contributed by atoms with Gasteiger partial charge < -0.3 is 9.52 Å². The number of carbonyl (C=O) groups excluding carboxylic acids is 1. The second kappa shape index (κ2) is 9.05. The van der Waals surface area contributed by atoms with Crippen LogP contribution in [-0.2, 0) is 4.79 Å². The van der Waals surface area contributed by atoms with Crippen molar-refractivity contribution in [2.24, 2.45) is 4.99 Å². The Kier molecular flexibility index (Phi) is 6.22. The monoisotopic (exact) mass is 470 g/mol. The van der Waals surface area contributed by atoms with Crippen LogP contribution in [0.4, 0.5) is 5.69 Å². The van der Waals surface area contributed by atoms with Crippen molar-refractivity contribution in [3.05, 3.63) is 81.9 Å². The summed E-state index contributed by atoms with van der Waals surface area (Å²) >= 11 is 8.60. The minimum atomic E-state index is -1.00. The van der Waals surface area contributed by atoms with Gasteiger partial charge in [-0.05, 0) is 72.4 Å². The number of furan rings is 1. The first-order chi connectivity index (χ1) is 14.9. The highest BCUT2D eigenvalue weighted by Crippen LogP contribution is 2.35. The number of hydrogen-bond donors (Lipinski definition) is 1. The molecular formula is C22H15ClN2O4S2. The number of nitrogens with zero attached hydrogens (tertiary/aromatic N) is 2. The number of thioether (sulfide) groups is 1. The van der Waals surface area contributed by atoms with Crippen molar-refractivity contribution in [3.63, 3.8) is 0 Å². The van der Waals surface area contributed by atoms with Crippen molar-refractivity contribution in [1.82, 2.24) is 4.90 Å². The summed E-state index contributed by atoms with van der Waals surface area (Å²) in [5, 5.41) is 10.9. The first kappa shape index (κ1) is 21.3. The predicted molar refractivity (Wildman–Crippen MR) is 123 cm³/mol. The third kappa shape index (κ3) is 5.04. The normalized spacial score (nSPS) is 16.5. The summed E-state index contributed by atoms with van der Waals surface area (Å²) in [6, 6.07) is 17.2. The highest BCUT2D eigenvalue weighted by molar-refractivity contribution is 8.18. The topological polar surface area (TPSA) is 83.1 Å². The fourth-order valence-corrected chi connectivity index (χ4v) is 4.53. The molecule has 31 heavy (non-hydrogen) atoms. The number of carboxylic acid groups (broad SMARTS) is 1. The van der Waals surface area contributed by atoms with Crippen molar-refractivity contribution in [2.45, 2.75) is 9.99 Å². The zero-order chi connectivity index (χ0) is 22.0. The molecule has 156 valence electrons. The minimum absolute atomic E-state index is 0.179. The fraction of sp³-hybridized carbons (Fsp3) is 0.0455. The van der Waals surface area contributed by atoms with E-state index >= 15 is 0 Å². The van der Waals surface area contributed by atoms with Gasteiger partial charge in [0.05, 0.1) is 16.2 Å². The molecule has 1 fully saturated rings. The van der Waals surface area contributed by atoms with E-state index in [9.17, 15) is 9.59 Å². The number of aromatic carboxylic acids is 1. The van der Waals surface area contributed by atoms with E-state index in [0.717, 1.165) is 4.90 Å². The average Bonchev–Trinajstić information content (AvgIpc) is 3.30. The number of amides is 1. The van der Waals surface area contributed by atoms with E-state index < -0.39 is 5.97 Å². The first-order valence-corrected chi connectivity index (χ1v) is 11.0. The number of rotatable bonds is 5. The fourth-order valence-electron chi connectivity index (χ4n) is 2.66. The van der Waals surface area contributed by atoms with Gasteiger partial charge in [0.15, 0.2) is 10.3 Å². The lowest BCUT2D eigenvalue weighted by atomic mass is 10.2. The van der Waals surface area contributed by atoms with Crippen molar-refractivity contribution < 1.29 is 19.1 Å². The molecule has 3 aromatic rings. The largest absolute Gasteiger partial charge is 0.478 e. The quantitative estimate of drug-likeness (QED) is 0.459. The smallest absolute Gasteiger partial charge is 0.335 e. The summed E-state index contributed by atoms with van der Waals surface area (Å²) in [4.78, 5) is 31.0. The van der Waals surface area contributed by atoms with E-state index in [1.54, 1.807) is 31.3 Å². The zero-order valence-corrected chi connectivity index (χ0v) is 18.5. The summed E-state index contributed by atoms with van der Waals surface area (Å²) in [5.41, 5.74) is 0.742. The van der Waals surface area contributed by atoms with Crippen LogP contribution in [0.5, 0.6) is 0 Å². The minimum Gasteiger partial charge on any atom is -0.478 e. The highest BCUT2D eigenvalue weighted by atomic mass is 35.5. The van der Waals surface area contributed by atoms with Gasteiger partial charge in [-0.2, -0.15) is 0 Å². The van der Waals surface area contributed by atoms with E-state index in [1.165, 1.54) is 40.6 Å². The van der Waals surface area contributed by atoms with Crippen LogP contribution in [0.2, 0.25) is 5.02 Å². The molecule has 0 saturated carbocycles. The standard InChI is InChI=1S/C22H15ClN2O4S2/c1-25-20(26)18(31-22(25)24-15-6-2-13(3-7-15)21(27)28)12-16-8-11-19(29-16)30-17-9-4-14(23)5-10-17/h2-12H,1H3,(H,27,28)/b18-12-,24-22?. The van der Waals surface area contributed by atoms with Crippen molar-refractivity contribution >= 4 is 63.9 Å². The number of carbonyl (C=O) groups is 2. The summed E-state index contributed by atoms with van der Waals surface area (Å²) in [6.45, 7) is 0. The van der Waals surface area contributed by atoms with Gasteiger partial charge >= 0.3 is 5.97 Å². The molecule has 0 bridgehead atoms. The van der Waals surface area contributed by atoms with E-state index in [0.29, 0.717) is 31.6 Å². The zero-order valence-electron chi connectivity index (χ0n) is 16.1. The summed E-state index contributed by atoms with van der Waals surface area (Å²) in [7, 11) is 1.64. The Morgan fingerprint density at radius 2 is 1.84 bits per heavy atom. The van der Waals surface area contributed by atoms with Gasteiger partial charge in [-0.15, -0.1) is 0 Å². The Morgan fingerprint density at radius 3 is 2.52 bits per heavy atom. The highest BCUT2D eigenvalue weighted by Gasteiger charge is 2.30. The number of carboxylic acids is 1. The van der Waals surface area contributed by atoms with Crippen molar-refractivity contribution in [3.8, 4) is 0 Å². The summed E-state index contributed by atoms with van der Waals surface area (Å²) in [5.74, 6) is -0.624. The third-order valence-corrected chi connectivity index (χ3v) is 6.49. The molecular weight excluding hydrogens is 456 g/mol. The molecule has 1 aliphatic heterocycles. The summed E-state index contributed by atoms with van der Waals surface area (Å²) in [6.07, 6.45) is 1.69. The lowest BCUT2D eigenvalue weighted by Crippen LogP contribution is -2.23. The van der Waals surface area contributed by atoms with Crippen LogP contribution in [0.3, 0.4) is 0 Å². The van der Waals surface area contributed by atoms with E-state index in [4.69, 9.17) is 21.1 Å². The van der Waals surface area contributed by atoms with E-state index in [-0.39, 0.29) is 11.5 Å². The van der Waals surface area contributed by atoms with Gasteiger partial charge in [0.25, 0.3) is 5.91 Å². The van der Waals surface area contributed by atoms with Crippen LogP contribution in [-0.4, -0.2) is 34.1 Å². The molecule has 4 rings (SSSR count). The predicted octanol–water partition coefficient (Wildman–Crippen LogP) is 6.02. The second-order valence-corrected chi connectivity index (χ2v) is 8.96. The van der Waals surface area contributed by atoms with Gasteiger partial charge in [-0.1, -0.05) is 23.4 Å². The lowest BCUT2D eigenvalue weighted by molar-refractivity contribution is -0.121.